The Bertz CT molecular complexity index is 833. The van der Waals surface area contributed by atoms with E-state index in [0.717, 1.165) is 14.0 Å². The molecule has 0 fully saturated rings. The Kier molecular flexibility index (Phi) is 4.97. The maximum atomic E-state index is 12.2. The van der Waals surface area contributed by atoms with Crippen molar-refractivity contribution < 1.29 is 9.21 Å². The van der Waals surface area contributed by atoms with Crippen LogP contribution in [0.1, 0.15) is 10.4 Å². The molecule has 7 heteroatoms. The molecule has 1 heterocycles. The molecule has 0 spiro atoms. The molecule has 0 bridgehead atoms. The van der Waals surface area contributed by atoms with Crippen molar-refractivity contribution in [2.24, 2.45) is 0 Å². The maximum Gasteiger partial charge on any atom is 0.322 e. The first-order chi connectivity index (χ1) is 11.2. The van der Waals surface area contributed by atoms with Gasteiger partial charge in [-0.3, -0.25) is 10.1 Å². The van der Waals surface area contributed by atoms with E-state index in [1.54, 1.807) is 17.8 Å². The van der Waals surface area contributed by atoms with Crippen LogP contribution in [-0.2, 0) is 0 Å². The highest BCUT2D eigenvalue weighted by atomic mass is 127. The molecule has 1 N–H and O–H groups in total. The van der Waals surface area contributed by atoms with Crippen LogP contribution in [0.5, 0.6) is 0 Å². The minimum atomic E-state index is -0.275. The van der Waals surface area contributed by atoms with Crippen molar-refractivity contribution in [2.75, 3.05) is 11.6 Å². The number of thioether (sulfide) groups is 1. The summed E-state index contributed by atoms with van der Waals surface area (Å²) in [7, 11) is 0. The highest BCUT2D eigenvalue weighted by Crippen LogP contribution is 2.23. The normalized spacial score (nSPS) is 10.5. The fraction of sp³-hybridized carbons (Fsp3) is 0.0625. The van der Waals surface area contributed by atoms with Gasteiger partial charge in [0.25, 0.3) is 5.91 Å². The molecule has 2 aromatic carbocycles. The van der Waals surface area contributed by atoms with Crippen molar-refractivity contribution in [1.29, 1.82) is 0 Å². The van der Waals surface area contributed by atoms with Crippen LogP contribution >= 0.6 is 34.4 Å². The molecular formula is C16H12IN3O2S. The topological polar surface area (TPSA) is 68.0 Å². The van der Waals surface area contributed by atoms with Gasteiger partial charge in [-0.15, -0.1) is 16.9 Å². The minimum absolute atomic E-state index is 0.0820. The van der Waals surface area contributed by atoms with Crippen LogP contribution in [0.4, 0.5) is 6.01 Å². The number of carbonyl (C=O) groups is 1. The summed E-state index contributed by atoms with van der Waals surface area (Å²) in [5.41, 5.74) is 1.38. The van der Waals surface area contributed by atoms with E-state index in [2.05, 4.69) is 38.1 Å². The zero-order chi connectivity index (χ0) is 16.2. The van der Waals surface area contributed by atoms with Gasteiger partial charge in [0, 0.05) is 14.0 Å². The summed E-state index contributed by atoms with van der Waals surface area (Å²) in [4.78, 5) is 13.4. The zero-order valence-electron chi connectivity index (χ0n) is 12.1. The number of nitrogens with one attached hydrogen (secondary N) is 1. The predicted molar refractivity (Wildman–Crippen MR) is 98.6 cm³/mol. The summed E-state index contributed by atoms with van der Waals surface area (Å²) in [6, 6.07) is 15.2. The summed E-state index contributed by atoms with van der Waals surface area (Å²) >= 11 is 3.77. The number of hydrogen-bond donors (Lipinski definition) is 1. The van der Waals surface area contributed by atoms with E-state index in [1.165, 1.54) is 0 Å². The number of carbonyl (C=O) groups excluding carboxylic acids is 1. The average molecular weight is 437 g/mol. The lowest BCUT2D eigenvalue weighted by molar-refractivity contribution is 0.102. The van der Waals surface area contributed by atoms with Gasteiger partial charge < -0.3 is 4.42 Å². The highest BCUT2D eigenvalue weighted by molar-refractivity contribution is 14.1. The molecule has 23 heavy (non-hydrogen) atoms. The van der Waals surface area contributed by atoms with Crippen LogP contribution in [0.25, 0.3) is 11.5 Å². The van der Waals surface area contributed by atoms with Gasteiger partial charge in [-0.25, -0.2) is 0 Å². The number of nitrogens with zero attached hydrogens (tertiary/aromatic N) is 2. The van der Waals surface area contributed by atoms with Crippen LogP contribution in [-0.4, -0.2) is 22.4 Å². The van der Waals surface area contributed by atoms with Gasteiger partial charge in [-0.1, -0.05) is 17.2 Å². The third kappa shape index (κ3) is 3.73. The summed E-state index contributed by atoms with van der Waals surface area (Å²) in [5.74, 6) is 0.0960. The Morgan fingerprint density at radius 3 is 2.57 bits per heavy atom. The van der Waals surface area contributed by atoms with Crippen molar-refractivity contribution in [3.63, 3.8) is 0 Å². The molecule has 0 saturated carbocycles. The van der Waals surface area contributed by atoms with Crippen molar-refractivity contribution in [2.45, 2.75) is 4.90 Å². The van der Waals surface area contributed by atoms with E-state index in [0.29, 0.717) is 11.5 Å². The minimum Gasteiger partial charge on any atom is -0.403 e. The smallest absolute Gasteiger partial charge is 0.322 e. The number of rotatable bonds is 4. The molecule has 0 aliphatic heterocycles. The molecule has 1 amide bonds. The number of halogens is 1. The quantitative estimate of drug-likeness (QED) is 0.487. The lowest BCUT2D eigenvalue weighted by Crippen LogP contribution is -2.13. The fourth-order valence-corrected chi connectivity index (χ4v) is 2.97. The summed E-state index contributed by atoms with van der Waals surface area (Å²) in [6.07, 6.45) is 2.01. The average Bonchev–Trinajstić information content (AvgIpc) is 3.03. The monoisotopic (exact) mass is 437 g/mol. The van der Waals surface area contributed by atoms with E-state index in [1.807, 2.05) is 48.7 Å². The molecule has 116 valence electrons. The Balaban J connectivity index is 1.76. The summed E-state index contributed by atoms with van der Waals surface area (Å²) < 4.78 is 6.37. The first-order valence-corrected chi connectivity index (χ1v) is 9.01. The highest BCUT2D eigenvalue weighted by Gasteiger charge is 2.14. The lowest BCUT2D eigenvalue weighted by Gasteiger charge is -2.02. The van der Waals surface area contributed by atoms with Crippen molar-refractivity contribution >= 4 is 46.3 Å². The maximum absolute atomic E-state index is 12.2. The number of amides is 1. The third-order valence-electron chi connectivity index (χ3n) is 3.10. The van der Waals surface area contributed by atoms with Gasteiger partial charge in [-0.05, 0) is 65.2 Å². The lowest BCUT2D eigenvalue weighted by atomic mass is 10.2. The number of benzene rings is 2. The van der Waals surface area contributed by atoms with Gasteiger partial charge in [0.15, 0.2) is 0 Å². The Labute approximate surface area is 151 Å². The van der Waals surface area contributed by atoms with Crippen LogP contribution in [0.2, 0.25) is 0 Å². The summed E-state index contributed by atoms with van der Waals surface area (Å²) in [5, 5.41) is 10.5. The van der Waals surface area contributed by atoms with E-state index in [4.69, 9.17) is 4.42 Å². The van der Waals surface area contributed by atoms with Crippen LogP contribution in [0.3, 0.4) is 0 Å². The molecule has 0 aliphatic rings. The number of aromatic nitrogens is 2. The third-order valence-corrected chi connectivity index (χ3v) is 4.79. The van der Waals surface area contributed by atoms with E-state index >= 15 is 0 Å². The molecule has 0 radical (unpaired) electrons. The Hall–Kier alpha value is -1.87. The van der Waals surface area contributed by atoms with Gasteiger partial charge in [0.05, 0.1) is 5.56 Å². The SMILES string of the molecule is CSc1ccc(-c2nnc(NC(=O)c3ccccc3I)o2)cc1. The first kappa shape index (κ1) is 16.0. The van der Waals surface area contributed by atoms with Crippen LogP contribution in [0, 0.1) is 3.57 Å². The van der Waals surface area contributed by atoms with Crippen molar-refractivity contribution in [1.82, 2.24) is 10.2 Å². The number of anilines is 1. The molecule has 0 unspecified atom stereocenters. The molecule has 3 aromatic rings. The number of hydrogen-bond acceptors (Lipinski definition) is 5. The van der Waals surface area contributed by atoms with E-state index in [-0.39, 0.29) is 11.9 Å². The van der Waals surface area contributed by atoms with Crippen LogP contribution < -0.4 is 5.32 Å². The molecule has 0 saturated heterocycles. The van der Waals surface area contributed by atoms with Gasteiger partial charge in [0.1, 0.15) is 0 Å². The van der Waals surface area contributed by atoms with Gasteiger partial charge in [0.2, 0.25) is 5.89 Å². The van der Waals surface area contributed by atoms with Crippen molar-refractivity contribution in [3.05, 3.63) is 57.7 Å². The second-order valence-electron chi connectivity index (χ2n) is 4.57. The second kappa shape index (κ2) is 7.14. The molecule has 0 aliphatic carbocycles. The van der Waals surface area contributed by atoms with E-state index in [9.17, 15) is 4.79 Å². The molecular weight excluding hydrogens is 425 g/mol. The van der Waals surface area contributed by atoms with Crippen molar-refractivity contribution in [3.8, 4) is 11.5 Å². The molecule has 3 rings (SSSR count). The Morgan fingerprint density at radius 2 is 1.87 bits per heavy atom. The summed E-state index contributed by atoms with van der Waals surface area (Å²) in [6.45, 7) is 0. The molecule has 1 aromatic heterocycles. The first-order valence-electron chi connectivity index (χ1n) is 6.71. The molecule has 0 atom stereocenters. The zero-order valence-corrected chi connectivity index (χ0v) is 15.1. The predicted octanol–water partition coefficient (Wildman–Crippen LogP) is 4.32. The largest absolute Gasteiger partial charge is 0.403 e. The van der Waals surface area contributed by atoms with Crippen LogP contribution in [0.15, 0.2) is 57.8 Å². The van der Waals surface area contributed by atoms with Gasteiger partial charge >= 0.3 is 6.01 Å². The van der Waals surface area contributed by atoms with E-state index < -0.39 is 0 Å². The second-order valence-corrected chi connectivity index (χ2v) is 6.62. The Morgan fingerprint density at radius 1 is 1.13 bits per heavy atom. The van der Waals surface area contributed by atoms with Gasteiger partial charge in [-0.2, -0.15) is 0 Å². The standard InChI is InChI=1S/C16H12IN3O2S/c1-23-11-8-6-10(7-9-11)15-19-20-16(22-15)18-14(21)12-4-2-3-5-13(12)17/h2-9H,1H3,(H,18,20,21). The fourth-order valence-electron chi connectivity index (χ4n) is 1.93. The molecule has 5 nitrogen and oxygen atoms in total.